The lowest BCUT2D eigenvalue weighted by Crippen LogP contribution is -2.26. The SMILES string of the molecule is Cc1ccc(NC(=S)N(C)C)cc1Cl. The Balaban J connectivity index is 2.78. The van der Waals surface area contributed by atoms with Gasteiger partial charge in [0.05, 0.1) is 0 Å². The fourth-order valence-corrected chi connectivity index (χ4v) is 1.20. The predicted molar refractivity (Wildman–Crippen MR) is 66.1 cm³/mol. The van der Waals surface area contributed by atoms with E-state index in [1.807, 2.05) is 44.1 Å². The summed E-state index contributed by atoms with van der Waals surface area (Å²) in [5.74, 6) is 0. The highest BCUT2D eigenvalue weighted by Gasteiger charge is 2.01. The molecule has 1 aromatic rings. The van der Waals surface area contributed by atoms with E-state index < -0.39 is 0 Å². The number of anilines is 1. The third-order valence-electron chi connectivity index (χ3n) is 1.83. The second-order valence-corrected chi connectivity index (χ2v) is 4.08. The van der Waals surface area contributed by atoms with Crippen LogP contribution >= 0.6 is 23.8 Å². The van der Waals surface area contributed by atoms with Gasteiger partial charge in [0.25, 0.3) is 0 Å². The first-order valence-electron chi connectivity index (χ1n) is 4.25. The van der Waals surface area contributed by atoms with Crippen LogP contribution in [0.1, 0.15) is 5.56 Å². The number of thiocarbonyl (C=S) groups is 1. The number of rotatable bonds is 1. The molecule has 0 spiro atoms. The van der Waals surface area contributed by atoms with E-state index in [1.54, 1.807) is 0 Å². The van der Waals surface area contributed by atoms with E-state index in [-0.39, 0.29) is 0 Å². The lowest BCUT2D eigenvalue weighted by molar-refractivity contribution is 0.634. The van der Waals surface area contributed by atoms with Crippen LogP contribution in [0.25, 0.3) is 0 Å². The van der Waals surface area contributed by atoms with E-state index >= 15 is 0 Å². The zero-order valence-corrected chi connectivity index (χ0v) is 10.0. The van der Waals surface area contributed by atoms with Crippen molar-refractivity contribution in [1.82, 2.24) is 4.90 Å². The number of nitrogens with zero attached hydrogens (tertiary/aromatic N) is 1. The van der Waals surface area contributed by atoms with Crippen LogP contribution in [-0.4, -0.2) is 24.1 Å². The second-order valence-electron chi connectivity index (χ2n) is 3.29. The van der Waals surface area contributed by atoms with Crippen LogP contribution in [0, 0.1) is 6.92 Å². The lowest BCUT2D eigenvalue weighted by Gasteiger charge is -2.15. The molecule has 0 heterocycles. The average Bonchev–Trinajstić information content (AvgIpc) is 2.11. The maximum atomic E-state index is 5.98. The molecule has 2 nitrogen and oxygen atoms in total. The Labute approximate surface area is 94.9 Å². The van der Waals surface area contributed by atoms with Gasteiger partial charge in [-0.1, -0.05) is 17.7 Å². The molecule has 0 aliphatic heterocycles. The third-order valence-corrected chi connectivity index (χ3v) is 2.70. The quantitative estimate of drug-likeness (QED) is 0.745. The summed E-state index contributed by atoms with van der Waals surface area (Å²) >= 11 is 11.1. The van der Waals surface area contributed by atoms with E-state index in [2.05, 4.69) is 5.32 Å². The first kappa shape index (κ1) is 11.3. The van der Waals surface area contributed by atoms with Crippen molar-refractivity contribution in [2.24, 2.45) is 0 Å². The monoisotopic (exact) mass is 228 g/mol. The third kappa shape index (κ3) is 2.86. The highest BCUT2D eigenvalue weighted by molar-refractivity contribution is 7.80. The molecule has 0 saturated heterocycles. The van der Waals surface area contributed by atoms with Crippen molar-refractivity contribution in [2.45, 2.75) is 6.92 Å². The molecule has 76 valence electrons. The summed E-state index contributed by atoms with van der Waals surface area (Å²) in [6.45, 7) is 1.97. The number of hydrogen-bond donors (Lipinski definition) is 1. The molecule has 0 aliphatic rings. The maximum absolute atomic E-state index is 5.98. The summed E-state index contributed by atoms with van der Waals surface area (Å²) in [6.07, 6.45) is 0. The van der Waals surface area contributed by atoms with Crippen LogP contribution in [0.4, 0.5) is 5.69 Å². The van der Waals surface area contributed by atoms with Crippen LogP contribution in [0.5, 0.6) is 0 Å². The number of nitrogens with one attached hydrogen (secondary N) is 1. The van der Waals surface area contributed by atoms with Crippen molar-refractivity contribution in [1.29, 1.82) is 0 Å². The molecule has 0 aliphatic carbocycles. The fraction of sp³-hybridized carbons (Fsp3) is 0.300. The van der Waals surface area contributed by atoms with E-state index in [0.29, 0.717) is 5.11 Å². The van der Waals surface area contributed by atoms with Gasteiger partial charge in [-0.05, 0) is 36.8 Å². The van der Waals surface area contributed by atoms with Gasteiger partial charge in [0, 0.05) is 24.8 Å². The molecule has 0 aromatic heterocycles. The van der Waals surface area contributed by atoms with Gasteiger partial charge in [-0.2, -0.15) is 0 Å². The largest absolute Gasteiger partial charge is 0.355 e. The van der Waals surface area contributed by atoms with E-state index in [0.717, 1.165) is 16.3 Å². The molecule has 1 rings (SSSR count). The minimum atomic E-state index is 0.671. The van der Waals surface area contributed by atoms with Gasteiger partial charge in [-0.25, -0.2) is 0 Å². The molecule has 14 heavy (non-hydrogen) atoms. The van der Waals surface area contributed by atoms with Crippen LogP contribution in [-0.2, 0) is 0 Å². The average molecular weight is 229 g/mol. The number of halogens is 1. The Morgan fingerprint density at radius 2 is 2.07 bits per heavy atom. The van der Waals surface area contributed by atoms with Gasteiger partial charge in [0.2, 0.25) is 0 Å². The first-order valence-corrected chi connectivity index (χ1v) is 5.04. The second kappa shape index (κ2) is 4.62. The normalized spacial score (nSPS) is 9.71. The predicted octanol–water partition coefficient (Wildman–Crippen LogP) is 2.91. The molecule has 0 atom stereocenters. The first-order chi connectivity index (χ1) is 6.50. The summed E-state index contributed by atoms with van der Waals surface area (Å²) in [5.41, 5.74) is 1.98. The Bertz CT molecular complexity index is 350. The Morgan fingerprint density at radius 1 is 1.43 bits per heavy atom. The van der Waals surface area contributed by atoms with Crippen molar-refractivity contribution in [2.75, 3.05) is 19.4 Å². The van der Waals surface area contributed by atoms with Gasteiger partial charge in [-0.15, -0.1) is 0 Å². The maximum Gasteiger partial charge on any atom is 0.172 e. The molecule has 0 fully saturated rings. The Morgan fingerprint density at radius 3 is 2.57 bits per heavy atom. The summed E-state index contributed by atoms with van der Waals surface area (Å²) < 4.78 is 0. The highest BCUT2D eigenvalue weighted by atomic mass is 35.5. The lowest BCUT2D eigenvalue weighted by atomic mass is 10.2. The number of hydrogen-bond acceptors (Lipinski definition) is 1. The van der Waals surface area contributed by atoms with Crippen molar-refractivity contribution in [3.63, 3.8) is 0 Å². The van der Waals surface area contributed by atoms with Gasteiger partial charge >= 0.3 is 0 Å². The minimum Gasteiger partial charge on any atom is -0.355 e. The standard InChI is InChI=1S/C10H13ClN2S/c1-7-4-5-8(6-9(7)11)12-10(14)13(2)3/h4-6H,1-3H3,(H,12,14). The summed E-state index contributed by atoms with van der Waals surface area (Å²) in [4.78, 5) is 1.84. The Kier molecular flexibility index (Phi) is 3.72. The molecule has 0 radical (unpaired) electrons. The molecule has 0 bridgehead atoms. The zero-order chi connectivity index (χ0) is 10.7. The van der Waals surface area contributed by atoms with Crippen molar-refractivity contribution in [3.8, 4) is 0 Å². The smallest absolute Gasteiger partial charge is 0.172 e. The molecule has 0 amide bonds. The van der Waals surface area contributed by atoms with Gasteiger partial charge < -0.3 is 10.2 Å². The van der Waals surface area contributed by atoms with E-state index in [9.17, 15) is 0 Å². The summed E-state index contributed by atoms with van der Waals surface area (Å²) in [5, 5.41) is 4.50. The Hall–Kier alpha value is -0.800. The van der Waals surface area contributed by atoms with Gasteiger partial charge in [0.15, 0.2) is 5.11 Å². The van der Waals surface area contributed by atoms with Crippen LogP contribution in [0.2, 0.25) is 5.02 Å². The molecule has 0 unspecified atom stereocenters. The van der Waals surface area contributed by atoms with E-state index in [1.165, 1.54) is 0 Å². The summed E-state index contributed by atoms with van der Waals surface area (Å²) in [6, 6.07) is 5.78. The van der Waals surface area contributed by atoms with Gasteiger partial charge in [-0.3, -0.25) is 0 Å². The van der Waals surface area contributed by atoms with Crippen molar-refractivity contribution >= 4 is 34.6 Å². The molecular weight excluding hydrogens is 216 g/mol. The van der Waals surface area contributed by atoms with Crippen molar-refractivity contribution < 1.29 is 0 Å². The van der Waals surface area contributed by atoms with Crippen LogP contribution in [0.3, 0.4) is 0 Å². The van der Waals surface area contributed by atoms with E-state index in [4.69, 9.17) is 23.8 Å². The number of benzene rings is 1. The number of aryl methyl sites for hydroxylation is 1. The zero-order valence-electron chi connectivity index (χ0n) is 8.47. The summed E-state index contributed by atoms with van der Waals surface area (Å²) in [7, 11) is 3.79. The van der Waals surface area contributed by atoms with Crippen molar-refractivity contribution in [3.05, 3.63) is 28.8 Å². The molecule has 1 N–H and O–H groups in total. The van der Waals surface area contributed by atoms with Crippen LogP contribution < -0.4 is 5.32 Å². The minimum absolute atomic E-state index is 0.671. The highest BCUT2D eigenvalue weighted by Crippen LogP contribution is 2.19. The molecular formula is C10H13ClN2S. The van der Waals surface area contributed by atoms with Crippen LogP contribution in [0.15, 0.2) is 18.2 Å². The molecule has 4 heteroatoms. The van der Waals surface area contributed by atoms with Gasteiger partial charge in [0.1, 0.15) is 0 Å². The molecule has 1 aromatic carbocycles. The molecule has 0 saturated carbocycles. The fourth-order valence-electron chi connectivity index (χ4n) is 0.906. The topological polar surface area (TPSA) is 15.3 Å².